The summed E-state index contributed by atoms with van der Waals surface area (Å²) in [5, 5.41) is 11.6. The quantitative estimate of drug-likeness (QED) is 0.747. The van der Waals surface area contributed by atoms with Gasteiger partial charge in [-0.25, -0.2) is 0 Å². The van der Waals surface area contributed by atoms with Crippen molar-refractivity contribution in [2.75, 3.05) is 18.1 Å². The normalized spacial score (nSPS) is 33.3. The van der Waals surface area contributed by atoms with E-state index in [-0.39, 0.29) is 30.1 Å². The predicted octanol–water partition coefficient (Wildman–Crippen LogP) is 0.668. The number of aliphatic hydroxyl groups is 1. The molecule has 5 unspecified atom stereocenters. The minimum Gasteiger partial charge on any atom is -0.395 e. The lowest BCUT2D eigenvalue weighted by molar-refractivity contribution is -0.119. The Bertz CT molecular complexity index is 334. The number of aliphatic hydroxyl groups excluding tert-OH is 1. The van der Waals surface area contributed by atoms with Crippen LogP contribution in [-0.2, 0) is 15.6 Å². The van der Waals surface area contributed by atoms with Crippen LogP contribution in [0.1, 0.15) is 32.6 Å². The molecule has 2 aliphatic rings. The average molecular weight is 273 g/mol. The monoisotopic (exact) mass is 273 g/mol. The molecule has 0 aromatic heterocycles. The average Bonchev–Trinajstić information content (AvgIpc) is 2.90. The lowest BCUT2D eigenvalue weighted by Crippen LogP contribution is -2.42. The second kappa shape index (κ2) is 6.15. The summed E-state index contributed by atoms with van der Waals surface area (Å²) in [4.78, 5) is 11.7. The molecule has 104 valence electrons. The number of hydrogen-bond acceptors (Lipinski definition) is 3. The van der Waals surface area contributed by atoms with Crippen molar-refractivity contribution in [2.24, 2.45) is 17.8 Å². The van der Waals surface area contributed by atoms with Crippen LogP contribution in [0.25, 0.3) is 0 Å². The largest absolute Gasteiger partial charge is 0.395 e. The zero-order chi connectivity index (χ0) is 13.1. The van der Waals surface area contributed by atoms with Crippen LogP contribution in [0.5, 0.6) is 0 Å². The van der Waals surface area contributed by atoms with Crippen molar-refractivity contribution in [3.63, 3.8) is 0 Å². The fraction of sp³-hybridized carbons (Fsp3) is 0.923. The van der Waals surface area contributed by atoms with Crippen molar-refractivity contribution in [1.82, 2.24) is 5.32 Å². The van der Waals surface area contributed by atoms with Crippen molar-refractivity contribution in [2.45, 2.75) is 38.6 Å². The van der Waals surface area contributed by atoms with Gasteiger partial charge in [0.1, 0.15) is 5.75 Å². The van der Waals surface area contributed by atoms with E-state index in [4.69, 9.17) is 5.11 Å². The summed E-state index contributed by atoms with van der Waals surface area (Å²) >= 11 is 0. The highest BCUT2D eigenvalue weighted by Crippen LogP contribution is 2.49. The molecule has 0 spiro atoms. The van der Waals surface area contributed by atoms with Gasteiger partial charge >= 0.3 is 0 Å². The highest BCUT2D eigenvalue weighted by molar-refractivity contribution is 7.85. The van der Waals surface area contributed by atoms with Gasteiger partial charge in [-0.2, -0.15) is 0 Å². The van der Waals surface area contributed by atoms with Crippen LogP contribution in [-0.4, -0.2) is 39.4 Å². The molecule has 2 saturated carbocycles. The fourth-order valence-electron chi connectivity index (χ4n) is 3.63. The summed E-state index contributed by atoms with van der Waals surface area (Å²) in [5.74, 6) is 2.34. The smallest absolute Gasteiger partial charge is 0.232 e. The van der Waals surface area contributed by atoms with Crippen molar-refractivity contribution in [3.05, 3.63) is 0 Å². The first kappa shape index (κ1) is 14.0. The standard InChI is InChI=1S/C13H23NO3S/c1-9(12-7-10-2-3-11(12)6-10)14-13(16)8-18(17)5-4-15/h9-12,15H,2-8H2,1H3,(H,14,16). The van der Waals surface area contributed by atoms with E-state index < -0.39 is 10.8 Å². The van der Waals surface area contributed by atoms with Crippen molar-refractivity contribution in [3.8, 4) is 0 Å². The van der Waals surface area contributed by atoms with Gasteiger partial charge in [0.05, 0.1) is 6.61 Å². The summed E-state index contributed by atoms with van der Waals surface area (Å²) in [7, 11) is -1.23. The van der Waals surface area contributed by atoms with Crippen LogP contribution in [0, 0.1) is 17.8 Å². The molecule has 0 heterocycles. The van der Waals surface area contributed by atoms with Gasteiger partial charge in [-0.1, -0.05) is 6.42 Å². The van der Waals surface area contributed by atoms with Gasteiger partial charge in [0.15, 0.2) is 0 Å². The molecule has 1 amide bonds. The van der Waals surface area contributed by atoms with Gasteiger partial charge in [-0.15, -0.1) is 0 Å². The van der Waals surface area contributed by atoms with E-state index in [1.165, 1.54) is 25.7 Å². The molecule has 0 aromatic carbocycles. The third-order valence-electron chi connectivity index (χ3n) is 4.43. The van der Waals surface area contributed by atoms with Crippen molar-refractivity contribution in [1.29, 1.82) is 0 Å². The lowest BCUT2D eigenvalue weighted by atomic mass is 9.84. The van der Waals surface area contributed by atoms with E-state index >= 15 is 0 Å². The van der Waals surface area contributed by atoms with Crippen LogP contribution in [0.4, 0.5) is 0 Å². The van der Waals surface area contributed by atoms with Gasteiger partial charge in [0.25, 0.3) is 0 Å². The van der Waals surface area contributed by atoms with Crippen molar-refractivity contribution < 1.29 is 14.1 Å². The first-order chi connectivity index (χ1) is 8.60. The van der Waals surface area contributed by atoms with Crippen LogP contribution < -0.4 is 5.32 Å². The number of nitrogens with one attached hydrogen (secondary N) is 1. The summed E-state index contributed by atoms with van der Waals surface area (Å²) in [6.07, 6.45) is 5.25. The molecule has 0 aromatic rings. The van der Waals surface area contributed by atoms with Crippen LogP contribution in [0.3, 0.4) is 0 Å². The second-order valence-corrected chi connectivity index (χ2v) is 7.28. The van der Waals surface area contributed by atoms with Gasteiger partial charge in [0, 0.05) is 22.6 Å². The number of fused-ring (bicyclic) bond motifs is 2. The molecular formula is C13H23NO3S. The SMILES string of the molecule is CC(NC(=O)CS(=O)CCO)C1CC2CCC1C2. The molecular weight excluding hydrogens is 250 g/mol. The topological polar surface area (TPSA) is 66.4 Å². The zero-order valence-corrected chi connectivity index (χ0v) is 11.7. The zero-order valence-electron chi connectivity index (χ0n) is 10.9. The molecule has 2 bridgehead atoms. The Labute approximate surface area is 111 Å². The minimum absolute atomic E-state index is 0.0196. The molecule has 0 aliphatic heterocycles. The first-order valence-corrected chi connectivity index (χ1v) is 8.34. The highest BCUT2D eigenvalue weighted by Gasteiger charge is 2.42. The summed E-state index contributed by atoms with van der Waals surface area (Å²) in [5.41, 5.74) is 0. The molecule has 2 aliphatic carbocycles. The van der Waals surface area contributed by atoms with Gasteiger partial charge in [0.2, 0.25) is 5.91 Å². The van der Waals surface area contributed by atoms with Crippen LogP contribution in [0.15, 0.2) is 0 Å². The lowest BCUT2D eigenvalue weighted by Gasteiger charge is -2.28. The Hall–Kier alpha value is -0.420. The minimum atomic E-state index is -1.23. The van der Waals surface area contributed by atoms with Crippen LogP contribution in [0.2, 0.25) is 0 Å². The molecule has 2 fully saturated rings. The van der Waals surface area contributed by atoms with Gasteiger partial charge < -0.3 is 10.4 Å². The summed E-state index contributed by atoms with van der Waals surface area (Å²) in [6, 6.07) is 0.193. The number of carbonyl (C=O) groups is 1. The van der Waals surface area contributed by atoms with E-state index in [1.807, 2.05) is 0 Å². The van der Waals surface area contributed by atoms with E-state index in [0.29, 0.717) is 5.92 Å². The Morgan fingerprint density at radius 3 is 2.78 bits per heavy atom. The number of hydrogen-bond donors (Lipinski definition) is 2. The molecule has 2 N–H and O–H groups in total. The van der Waals surface area contributed by atoms with E-state index in [0.717, 1.165) is 11.8 Å². The molecule has 5 atom stereocenters. The summed E-state index contributed by atoms with van der Waals surface area (Å²) < 4.78 is 11.4. The Kier molecular flexibility index (Phi) is 4.78. The fourth-order valence-corrected chi connectivity index (χ4v) is 4.35. The maximum Gasteiger partial charge on any atom is 0.232 e. The highest BCUT2D eigenvalue weighted by atomic mass is 32.2. The molecule has 18 heavy (non-hydrogen) atoms. The predicted molar refractivity (Wildman–Crippen MR) is 71.5 cm³/mol. The Morgan fingerprint density at radius 1 is 1.44 bits per heavy atom. The van der Waals surface area contributed by atoms with E-state index in [9.17, 15) is 9.00 Å². The number of amides is 1. The molecule has 0 radical (unpaired) electrons. The second-order valence-electron chi connectivity index (χ2n) is 5.71. The van der Waals surface area contributed by atoms with E-state index in [2.05, 4.69) is 12.2 Å². The maximum absolute atomic E-state index is 11.7. The van der Waals surface area contributed by atoms with Gasteiger partial charge in [-0.05, 0) is 43.9 Å². The third kappa shape index (κ3) is 3.32. The van der Waals surface area contributed by atoms with Crippen molar-refractivity contribution >= 4 is 16.7 Å². The molecule has 2 rings (SSSR count). The number of rotatable bonds is 6. The first-order valence-electron chi connectivity index (χ1n) is 6.85. The van der Waals surface area contributed by atoms with Gasteiger partial charge in [-0.3, -0.25) is 9.00 Å². The maximum atomic E-state index is 11.7. The number of carbonyl (C=O) groups excluding carboxylic acids is 1. The summed E-state index contributed by atoms with van der Waals surface area (Å²) in [6.45, 7) is 1.94. The Balaban J connectivity index is 1.75. The molecule has 0 saturated heterocycles. The van der Waals surface area contributed by atoms with E-state index in [1.54, 1.807) is 0 Å². The Morgan fingerprint density at radius 2 is 2.22 bits per heavy atom. The van der Waals surface area contributed by atoms with Crippen LogP contribution >= 0.6 is 0 Å². The third-order valence-corrected chi connectivity index (χ3v) is 5.66. The molecule has 4 nitrogen and oxygen atoms in total. The molecule has 5 heteroatoms.